The van der Waals surface area contributed by atoms with Crippen molar-refractivity contribution in [2.75, 3.05) is 51.3 Å². The number of phosphoric ester groups is 1. The predicted molar refractivity (Wildman–Crippen MR) is 290 cm³/mol. The first-order chi connectivity index (χ1) is 36.7. The van der Waals surface area contributed by atoms with Gasteiger partial charge >= 0.3 is 29.2 Å². The maximum Gasteiger partial charge on any atom is 0.490 e. The van der Waals surface area contributed by atoms with E-state index in [0.717, 1.165) is 73.6 Å². The van der Waals surface area contributed by atoms with Gasteiger partial charge < -0.3 is 39.4 Å². The lowest BCUT2D eigenvalue weighted by Gasteiger charge is -2.48. The molecule has 0 saturated carbocycles. The lowest BCUT2D eigenvalue weighted by Crippen LogP contribution is -2.50. The number of aromatic nitrogens is 2. The molecule has 4 aliphatic heterocycles. The third-order valence-electron chi connectivity index (χ3n) is 15.7. The summed E-state index contributed by atoms with van der Waals surface area (Å²) < 4.78 is 56.1. The Labute approximate surface area is 451 Å². The van der Waals surface area contributed by atoms with Crippen LogP contribution in [0.25, 0.3) is 5.57 Å². The summed E-state index contributed by atoms with van der Waals surface area (Å²) in [7, 11) is -14.9. The zero-order valence-corrected chi connectivity index (χ0v) is 47.6. The maximum absolute atomic E-state index is 14.8. The molecule has 3 aromatic carbocycles. The number of carbonyl (C=O) groups excluding carboxylic acids is 2. The number of fused-ring (bicyclic) bond motifs is 4. The highest BCUT2D eigenvalue weighted by atomic mass is 31.3. The van der Waals surface area contributed by atoms with Crippen LogP contribution >= 0.6 is 23.5 Å². The molecule has 5 aliphatic rings. The maximum atomic E-state index is 14.8. The molecule has 2 amide bonds. The Hall–Kier alpha value is -5.32. The average Bonchev–Trinajstić information content (AvgIpc) is 3.96. The van der Waals surface area contributed by atoms with E-state index in [0.29, 0.717) is 24.4 Å². The Balaban J connectivity index is 0.884. The van der Waals surface area contributed by atoms with Crippen LogP contribution in [0.2, 0.25) is 0 Å². The normalized spacial score (nSPS) is 21.4. The van der Waals surface area contributed by atoms with E-state index in [1.807, 2.05) is 18.2 Å². The van der Waals surface area contributed by atoms with Crippen molar-refractivity contribution in [2.24, 2.45) is 0 Å². The Morgan fingerprint density at radius 2 is 1.71 bits per heavy atom. The lowest BCUT2D eigenvalue weighted by atomic mass is 9.64. The number of amides is 2. The van der Waals surface area contributed by atoms with Gasteiger partial charge in [0.15, 0.2) is 0 Å². The number of phosphoric acid groups is 3. The average molecular weight is 1130 g/mol. The molecule has 0 spiro atoms. The van der Waals surface area contributed by atoms with Crippen molar-refractivity contribution in [3.05, 3.63) is 130 Å². The Morgan fingerprint density at radius 3 is 2.44 bits per heavy atom. The van der Waals surface area contributed by atoms with E-state index in [9.17, 15) is 42.7 Å². The van der Waals surface area contributed by atoms with Crippen LogP contribution in [0.3, 0.4) is 0 Å². The minimum absolute atomic E-state index is 0.0104. The number of nitrogens with zero attached hydrogens (tertiary/aromatic N) is 4. The molecule has 0 bridgehead atoms. The summed E-state index contributed by atoms with van der Waals surface area (Å²) in [6.07, 6.45) is 5.15. The molecule has 78 heavy (non-hydrogen) atoms. The molecule has 1 saturated heterocycles. The standard InChI is InChI=1S/C54H67N6O15P3/c1-8-60-44-29-43-41(28-40(44)33(2)30-53(60,3)4)47(42-27-34-16-12-25-58-26-13-19-39(49(34)58)48(42)54(43,5)6)37-17-9-10-18-38(37)51(63)57(7)24-14-20-45(61)55-23-11-15-35-31-59(52(64)56-50(35)62)46-22-21-36(73-46)32-72-77(68,69)75-78(70,71)74-76(65,66)67/h9-10,17-18,27-29,31,33,36,46H,8,12-14,16,19-26,30,32H2,1-7H3,(H5-,55,56,61,62,64,65,66,67,68,69,70,71)/p+1/t33?,36-,46+/m0/s1. The quantitative estimate of drug-likeness (QED) is 0.0491. The predicted octanol–water partition coefficient (Wildman–Crippen LogP) is 4.96. The van der Waals surface area contributed by atoms with Crippen LogP contribution in [0.5, 0.6) is 0 Å². The number of anilines is 1. The summed E-state index contributed by atoms with van der Waals surface area (Å²) in [5.74, 6) is 5.21. The Morgan fingerprint density at radius 1 is 0.974 bits per heavy atom. The zero-order valence-electron chi connectivity index (χ0n) is 44.9. The molecular weight excluding hydrogens is 1070 g/mol. The Bertz CT molecular complexity index is 3570. The van der Waals surface area contributed by atoms with Crippen LogP contribution in [0, 0.1) is 11.8 Å². The van der Waals surface area contributed by atoms with Crippen LogP contribution in [-0.2, 0) is 54.6 Å². The summed E-state index contributed by atoms with van der Waals surface area (Å²) in [5.41, 5.74) is 9.71. The van der Waals surface area contributed by atoms with E-state index >= 15 is 0 Å². The number of hydrogen-bond acceptors (Lipinski definition) is 12. The second-order valence-corrected chi connectivity index (χ2v) is 26.4. The van der Waals surface area contributed by atoms with E-state index in [1.165, 1.54) is 49.6 Å². The van der Waals surface area contributed by atoms with Crippen LogP contribution in [0.4, 0.5) is 5.69 Å². The molecule has 9 rings (SSSR count). The van der Waals surface area contributed by atoms with Crippen molar-refractivity contribution < 1.29 is 60.7 Å². The van der Waals surface area contributed by atoms with Crippen molar-refractivity contribution in [2.45, 2.75) is 129 Å². The number of aryl methyl sites for hydroxylation is 1. The number of benzene rings is 3. The molecule has 24 heteroatoms. The lowest BCUT2D eigenvalue weighted by molar-refractivity contribution is -0.121. The van der Waals surface area contributed by atoms with Crippen molar-refractivity contribution >= 4 is 46.5 Å². The van der Waals surface area contributed by atoms with Gasteiger partial charge in [-0.1, -0.05) is 50.8 Å². The monoisotopic (exact) mass is 1130 g/mol. The topological polar surface area (TPSA) is 280 Å². The first-order valence-electron chi connectivity index (χ1n) is 26.4. The molecule has 5 atom stereocenters. The van der Waals surface area contributed by atoms with Gasteiger partial charge in [0.05, 0.1) is 19.3 Å². The van der Waals surface area contributed by atoms with Gasteiger partial charge in [-0.25, -0.2) is 23.1 Å². The SMILES string of the molecule is CCN1c2cc3c(cc2C(C)CC1(C)C)C(c1ccccc1C(=O)N(C)CCCC(=O)NCC#Cc1cn([C@H]2CC[C@@H](COP(=O)(O)OP(=O)(O)OP(=O)(O)O)O2)c(=O)[nH]c1=O)=c1cc2c4c(c1C3(C)C)CCC[N+]=4CCC2. The van der Waals surface area contributed by atoms with Crippen molar-refractivity contribution in [1.82, 2.24) is 24.3 Å². The second kappa shape index (κ2) is 22.0. The largest absolute Gasteiger partial charge is 0.490 e. The molecule has 21 nitrogen and oxygen atoms in total. The number of carbonyl (C=O) groups is 2. The van der Waals surface area contributed by atoms with Gasteiger partial charge in [0.2, 0.25) is 11.3 Å². The van der Waals surface area contributed by atoms with Gasteiger partial charge in [-0.05, 0) is 128 Å². The molecule has 1 aliphatic carbocycles. The first-order valence-corrected chi connectivity index (χ1v) is 30.9. The minimum Gasteiger partial charge on any atom is -0.366 e. The van der Waals surface area contributed by atoms with Gasteiger partial charge in [-0.2, -0.15) is 8.62 Å². The number of H-pyrrole nitrogens is 1. The van der Waals surface area contributed by atoms with Crippen LogP contribution in [-0.4, -0.2) is 104 Å². The number of hydrogen-bond donors (Lipinski definition) is 6. The van der Waals surface area contributed by atoms with Crippen LogP contribution < -0.4 is 36.6 Å². The molecule has 418 valence electrons. The molecule has 6 N–H and O–H groups in total. The summed E-state index contributed by atoms with van der Waals surface area (Å²) in [6, 6.07) is 15.3. The summed E-state index contributed by atoms with van der Waals surface area (Å²) >= 11 is 0. The van der Waals surface area contributed by atoms with Gasteiger partial charge in [0.1, 0.15) is 24.9 Å². The van der Waals surface area contributed by atoms with Gasteiger partial charge in [0, 0.05) is 78.9 Å². The molecule has 0 radical (unpaired) electrons. The first kappa shape index (κ1) is 57.4. The van der Waals surface area contributed by atoms with Gasteiger partial charge in [0.25, 0.3) is 11.5 Å². The smallest absolute Gasteiger partial charge is 0.366 e. The number of ether oxygens (including phenoxy) is 1. The van der Waals surface area contributed by atoms with E-state index in [-0.39, 0.29) is 54.1 Å². The zero-order chi connectivity index (χ0) is 56.3. The fraction of sp³-hybridized carbons (Fsp3) is 0.500. The number of rotatable bonds is 16. The van der Waals surface area contributed by atoms with Gasteiger partial charge in [-0.15, -0.1) is 0 Å². The minimum atomic E-state index is -5.72. The molecular formula is C54H68N6O15P3+. The summed E-state index contributed by atoms with van der Waals surface area (Å²) in [5, 5.41) is 5.35. The van der Waals surface area contributed by atoms with Crippen LogP contribution in [0.15, 0.2) is 58.3 Å². The highest BCUT2D eigenvalue weighted by Crippen LogP contribution is 2.66. The number of nitrogens with one attached hydrogen (secondary N) is 2. The molecule has 1 aromatic heterocycles. The molecule has 3 unspecified atom stereocenters. The second-order valence-electron chi connectivity index (χ2n) is 21.9. The van der Waals surface area contributed by atoms with E-state index in [2.05, 4.69) is 111 Å². The molecule has 4 aromatic rings. The van der Waals surface area contributed by atoms with Crippen molar-refractivity contribution in [3.8, 4) is 11.8 Å². The number of aromatic amines is 1. The fourth-order valence-electron chi connectivity index (χ4n) is 12.5. The van der Waals surface area contributed by atoms with E-state index in [4.69, 9.17) is 14.5 Å². The summed E-state index contributed by atoms with van der Waals surface area (Å²) in [4.78, 5) is 96.3. The third-order valence-corrected chi connectivity index (χ3v) is 19.5. The van der Waals surface area contributed by atoms with Crippen molar-refractivity contribution in [1.29, 1.82) is 0 Å². The van der Waals surface area contributed by atoms with E-state index in [1.54, 1.807) is 11.9 Å². The highest BCUT2D eigenvalue weighted by Gasteiger charge is 2.44. The molecule has 1 fully saturated rings. The Kier molecular flexibility index (Phi) is 16.2. The van der Waals surface area contributed by atoms with Crippen LogP contribution in [0.1, 0.15) is 153 Å². The third kappa shape index (κ3) is 11.8. The summed E-state index contributed by atoms with van der Waals surface area (Å²) in [6.45, 7) is 16.5. The highest BCUT2D eigenvalue weighted by molar-refractivity contribution is 7.66. The molecule has 5 heterocycles. The van der Waals surface area contributed by atoms with E-state index < -0.39 is 53.7 Å². The van der Waals surface area contributed by atoms with Crippen molar-refractivity contribution in [3.63, 3.8) is 0 Å². The van der Waals surface area contributed by atoms with Gasteiger partial charge in [-0.3, -0.25) is 28.5 Å². The fourth-order valence-corrected chi connectivity index (χ4v) is 15.6.